The molecule has 0 amide bonds. The molecule has 0 saturated heterocycles. The molecule has 1 aromatic carbocycles. The average molecular weight is 273 g/mol. The van der Waals surface area contributed by atoms with Crippen molar-refractivity contribution in [1.82, 2.24) is 9.55 Å². The molecule has 0 bridgehead atoms. The Morgan fingerprint density at radius 1 is 1.45 bits per heavy atom. The molecule has 2 rings (SSSR count). The normalized spacial score (nSPS) is 10.3. The van der Waals surface area contributed by atoms with Gasteiger partial charge in [0.05, 0.1) is 19.2 Å². The van der Waals surface area contributed by atoms with Crippen LogP contribution in [0, 0.1) is 6.92 Å². The van der Waals surface area contributed by atoms with Gasteiger partial charge in [0.1, 0.15) is 5.82 Å². The molecule has 0 unspecified atom stereocenters. The Kier molecular flexibility index (Phi) is 4.40. The van der Waals surface area contributed by atoms with E-state index >= 15 is 0 Å². The highest BCUT2D eigenvalue weighted by atomic mass is 16.5. The highest BCUT2D eigenvalue weighted by molar-refractivity contribution is 5.90. The molecule has 5 heteroatoms. The molecular weight excluding hydrogens is 254 g/mol. The molecule has 0 spiro atoms. The van der Waals surface area contributed by atoms with Gasteiger partial charge in [0.15, 0.2) is 0 Å². The predicted octanol–water partition coefficient (Wildman–Crippen LogP) is 2.61. The SMILES string of the molecule is CCn1ccnc1CNc1ccc(C(=O)OC)cc1C. The lowest BCUT2D eigenvalue weighted by molar-refractivity contribution is 0.0600. The minimum Gasteiger partial charge on any atom is -0.465 e. The summed E-state index contributed by atoms with van der Waals surface area (Å²) >= 11 is 0. The summed E-state index contributed by atoms with van der Waals surface area (Å²) in [4.78, 5) is 15.8. The van der Waals surface area contributed by atoms with Crippen LogP contribution in [0.25, 0.3) is 0 Å². The van der Waals surface area contributed by atoms with Gasteiger partial charge in [-0.25, -0.2) is 9.78 Å². The van der Waals surface area contributed by atoms with Crippen molar-refractivity contribution in [2.75, 3.05) is 12.4 Å². The van der Waals surface area contributed by atoms with Crippen LogP contribution in [0.3, 0.4) is 0 Å². The van der Waals surface area contributed by atoms with Crippen LogP contribution >= 0.6 is 0 Å². The number of nitrogens with one attached hydrogen (secondary N) is 1. The molecule has 2 aromatic rings. The van der Waals surface area contributed by atoms with E-state index in [0.717, 1.165) is 23.6 Å². The Morgan fingerprint density at radius 2 is 2.25 bits per heavy atom. The first kappa shape index (κ1) is 14.1. The summed E-state index contributed by atoms with van der Waals surface area (Å²) in [7, 11) is 1.38. The monoisotopic (exact) mass is 273 g/mol. The summed E-state index contributed by atoms with van der Waals surface area (Å²) in [6, 6.07) is 5.47. The molecule has 106 valence electrons. The van der Waals surface area contributed by atoms with E-state index in [0.29, 0.717) is 12.1 Å². The molecule has 0 saturated carbocycles. The van der Waals surface area contributed by atoms with Gasteiger partial charge in [-0.3, -0.25) is 0 Å². The number of methoxy groups -OCH3 is 1. The Labute approximate surface area is 118 Å². The summed E-state index contributed by atoms with van der Waals surface area (Å²) in [5.41, 5.74) is 2.55. The van der Waals surface area contributed by atoms with E-state index in [4.69, 9.17) is 4.74 Å². The summed E-state index contributed by atoms with van der Waals surface area (Å²) in [6.45, 7) is 5.60. The Bertz CT molecular complexity index is 605. The first-order chi connectivity index (χ1) is 9.65. The maximum Gasteiger partial charge on any atom is 0.337 e. The van der Waals surface area contributed by atoms with Gasteiger partial charge in [0, 0.05) is 24.6 Å². The maximum absolute atomic E-state index is 11.4. The zero-order chi connectivity index (χ0) is 14.5. The zero-order valence-electron chi connectivity index (χ0n) is 12.0. The number of carbonyl (C=O) groups excluding carboxylic acids is 1. The van der Waals surface area contributed by atoms with Crippen LogP contribution < -0.4 is 5.32 Å². The summed E-state index contributed by atoms with van der Waals surface area (Å²) in [6.07, 6.45) is 3.76. The quantitative estimate of drug-likeness (QED) is 0.851. The van der Waals surface area contributed by atoms with E-state index in [2.05, 4.69) is 21.8 Å². The van der Waals surface area contributed by atoms with Crippen LogP contribution in [-0.2, 0) is 17.8 Å². The number of anilines is 1. The number of benzene rings is 1. The van der Waals surface area contributed by atoms with E-state index in [1.165, 1.54) is 7.11 Å². The van der Waals surface area contributed by atoms with Crippen molar-refractivity contribution in [3.63, 3.8) is 0 Å². The average Bonchev–Trinajstić information content (AvgIpc) is 2.92. The Hall–Kier alpha value is -2.30. The third-order valence-corrected chi connectivity index (χ3v) is 3.23. The second-order valence-corrected chi connectivity index (χ2v) is 4.50. The van der Waals surface area contributed by atoms with Gasteiger partial charge in [-0.2, -0.15) is 0 Å². The number of ether oxygens (including phenoxy) is 1. The molecule has 1 heterocycles. The molecule has 0 aliphatic carbocycles. The lowest BCUT2D eigenvalue weighted by Gasteiger charge is -2.11. The number of imidazole rings is 1. The standard InChI is InChI=1S/C15H19N3O2/c1-4-18-8-7-16-14(18)10-17-13-6-5-12(9-11(13)2)15(19)20-3/h5-9,17H,4,10H2,1-3H3. The largest absolute Gasteiger partial charge is 0.465 e. The van der Waals surface area contributed by atoms with Crippen LogP contribution in [0.2, 0.25) is 0 Å². The van der Waals surface area contributed by atoms with E-state index in [-0.39, 0.29) is 5.97 Å². The number of aryl methyl sites for hydroxylation is 2. The van der Waals surface area contributed by atoms with Gasteiger partial charge in [0.25, 0.3) is 0 Å². The Balaban J connectivity index is 2.09. The third kappa shape index (κ3) is 2.99. The lowest BCUT2D eigenvalue weighted by atomic mass is 10.1. The number of nitrogens with zero attached hydrogens (tertiary/aromatic N) is 2. The molecule has 0 aliphatic rings. The van der Waals surface area contributed by atoms with Gasteiger partial charge in [-0.05, 0) is 37.6 Å². The topological polar surface area (TPSA) is 56.2 Å². The van der Waals surface area contributed by atoms with E-state index in [9.17, 15) is 4.79 Å². The van der Waals surface area contributed by atoms with E-state index < -0.39 is 0 Å². The predicted molar refractivity (Wildman–Crippen MR) is 77.7 cm³/mol. The summed E-state index contributed by atoms with van der Waals surface area (Å²) in [5, 5.41) is 3.34. The molecule has 20 heavy (non-hydrogen) atoms. The number of esters is 1. The molecule has 0 atom stereocenters. The van der Waals surface area contributed by atoms with Crippen molar-refractivity contribution in [2.24, 2.45) is 0 Å². The highest BCUT2D eigenvalue weighted by Crippen LogP contribution is 2.18. The molecular formula is C15H19N3O2. The minimum atomic E-state index is -0.318. The maximum atomic E-state index is 11.4. The number of aromatic nitrogens is 2. The van der Waals surface area contributed by atoms with Crippen LogP contribution in [0.5, 0.6) is 0 Å². The molecule has 5 nitrogen and oxygen atoms in total. The fourth-order valence-electron chi connectivity index (χ4n) is 2.08. The van der Waals surface area contributed by atoms with Gasteiger partial charge >= 0.3 is 5.97 Å². The van der Waals surface area contributed by atoms with Crippen molar-refractivity contribution in [2.45, 2.75) is 26.9 Å². The molecule has 0 radical (unpaired) electrons. The van der Waals surface area contributed by atoms with Gasteiger partial charge in [-0.15, -0.1) is 0 Å². The van der Waals surface area contributed by atoms with Crippen molar-refractivity contribution < 1.29 is 9.53 Å². The lowest BCUT2D eigenvalue weighted by Crippen LogP contribution is -2.09. The van der Waals surface area contributed by atoms with Crippen LogP contribution in [0.1, 0.15) is 28.7 Å². The van der Waals surface area contributed by atoms with E-state index in [1.807, 2.05) is 25.3 Å². The molecule has 1 aromatic heterocycles. The second-order valence-electron chi connectivity index (χ2n) is 4.50. The van der Waals surface area contributed by atoms with Crippen LogP contribution in [0.15, 0.2) is 30.6 Å². The van der Waals surface area contributed by atoms with Gasteiger partial charge in [-0.1, -0.05) is 0 Å². The summed E-state index contributed by atoms with van der Waals surface area (Å²) in [5.74, 6) is 0.671. The van der Waals surface area contributed by atoms with Crippen LogP contribution in [0.4, 0.5) is 5.69 Å². The number of hydrogen-bond acceptors (Lipinski definition) is 4. The van der Waals surface area contributed by atoms with Crippen molar-refractivity contribution in [1.29, 1.82) is 0 Å². The first-order valence-corrected chi connectivity index (χ1v) is 6.58. The smallest absolute Gasteiger partial charge is 0.337 e. The third-order valence-electron chi connectivity index (χ3n) is 3.23. The number of hydrogen-bond donors (Lipinski definition) is 1. The minimum absolute atomic E-state index is 0.318. The molecule has 0 aliphatic heterocycles. The Morgan fingerprint density at radius 3 is 2.90 bits per heavy atom. The number of carbonyl (C=O) groups is 1. The fraction of sp³-hybridized carbons (Fsp3) is 0.333. The van der Waals surface area contributed by atoms with Gasteiger partial charge < -0.3 is 14.6 Å². The second kappa shape index (κ2) is 6.23. The molecule has 0 fully saturated rings. The van der Waals surface area contributed by atoms with E-state index in [1.54, 1.807) is 12.3 Å². The summed E-state index contributed by atoms with van der Waals surface area (Å²) < 4.78 is 6.80. The first-order valence-electron chi connectivity index (χ1n) is 6.58. The number of rotatable bonds is 5. The van der Waals surface area contributed by atoms with Crippen molar-refractivity contribution in [3.05, 3.63) is 47.5 Å². The van der Waals surface area contributed by atoms with Gasteiger partial charge in [0.2, 0.25) is 0 Å². The van der Waals surface area contributed by atoms with Crippen molar-refractivity contribution >= 4 is 11.7 Å². The molecule has 1 N–H and O–H groups in total. The fourth-order valence-corrected chi connectivity index (χ4v) is 2.08. The highest BCUT2D eigenvalue weighted by Gasteiger charge is 2.08. The zero-order valence-corrected chi connectivity index (χ0v) is 12.0. The van der Waals surface area contributed by atoms with Crippen LogP contribution in [-0.4, -0.2) is 22.6 Å². The van der Waals surface area contributed by atoms with Crippen molar-refractivity contribution in [3.8, 4) is 0 Å².